The van der Waals surface area contributed by atoms with Crippen LogP contribution in [0.25, 0.3) is 0 Å². The van der Waals surface area contributed by atoms with Crippen molar-refractivity contribution in [3.8, 4) is 5.75 Å². The molecule has 0 heterocycles. The number of hydrogen-bond donors (Lipinski definition) is 3. The van der Waals surface area contributed by atoms with Crippen LogP contribution in [0.2, 0.25) is 0 Å². The lowest BCUT2D eigenvalue weighted by Crippen LogP contribution is -2.32. The van der Waals surface area contributed by atoms with Gasteiger partial charge >= 0.3 is 0 Å². The number of benzene rings is 2. The molecule has 1 atom stereocenters. The van der Waals surface area contributed by atoms with E-state index < -0.39 is 11.0 Å². The lowest BCUT2D eigenvalue weighted by molar-refractivity contribution is -0.384. The number of aromatic hydroxyl groups is 1. The quantitative estimate of drug-likeness (QED) is 0.518. The predicted molar refractivity (Wildman–Crippen MR) is 94.2 cm³/mol. The van der Waals surface area contributed by atoms with Crippen molar-refractivity contribution in [2.24, 2.45) is 0 Å². The highest BCUT2D eigenvalue weighted by Crippen LogP contribution is 2.23. The fraction of sp³-hybridized carbons (Fsp3) is 0.222. The average molecular weight is 357 g/mol. The number of carbonyl (C=O) groups excluding carboxylic acids is 2. The van der Waals surface area contributed by atoms with E-state index in [9.17, 15) is 24.8 Å². The summed E-state index contributed by atoms with van der Waals surface area (Å²) in [6.07, 6.45) is -0.000712. The average Bonchev–Trinajstić information content (AvgIpc) is 2.60. The molecule has 136 valence electrons. The third kappa shape index (κ3) is 5.30. The molecular weight excluding hydrogens is 338 g/mol. The molecule has 2 rings (SSSR count). The first-order valence-corrected chi connectivity index (χ1v) is 7.92. The summed E-state index contributed by atoms with van der Waals surface area (Å²) in [7, 11) is 0. The second-order valence-electron chi connectivity index (χ2n) is 5.71. The number of hydrogen-bond acceptors (Lipinski definition) is 5. The van der Waals surface area contributed by atoms with Crippen molar-refractivity contribution in [2.45, 2.75) is 25.9 Å². The number of carbonyl (C=O) groups is 2. The molecule has 0 aliphatic rings. The third-order valence-electron chi connectivity index (χ3n) is 3.72. The van der Waals surface area contributed by atoms with Crippen LogP contribution in [-0.2, 0) is 16.1 Å². The largest absolute Gasteiger partial charge is 0.508 e. The minimum Gasteiger partial charge on any atom is -0.508 e. The summed E-state index contributed by atoms with van der Waals surface area (Å²) in [6, 6.07) is 12.2. The number of phenolic OH excluding ortho intramolecular Hbond substituents is 1. The number of nitro groups is 1. The molecule has 2 amide bonds. The van der Waals surface area contributed by atoms with Crippen molar-refractivity contribution >= 4 is 17.5 Å². The second-order valence-corrected chi connectivity index (χ2v) is 5.71. The van der Waals surface area contributed by atoms with Crippen LogP contribution in [0, 0.1) is 10.1 Å². The highest BCUT2D eigenvalue weighted by Gasteiger charge is 2.17. The SMILES string of the molecule is CC(=O)N[C@H](CC(=O)NCc1cc([N+](=O)[O-])ccc1O)c1ccccc1. The van der Waals surface area contributed by atoms with Gasteiger partial charge in [-0.15, -0.1) is 0 Å². The minimum atomic E-state index is -0.576. The molecule has 3 N–H and O–H groups in total. The van der Waals surface area contributed by atoms with Gasteiger partial charge in [0.05, 0.1) is 17.4 Å². The highest BCUT2D eigenvalue weighted by molar-refractivity contribution is 5.79. The number of non-ortho nitro benzene ring substituents is 1. The third-order valence-corrected chi connectivity index (χ3v) is 3.72. The van der Waals surface area contributed by atoms with E-state index >= 15 is 0 Å². The molecule has 8 nitrogen and oxygen atoms in total. The van der Waals surface area contributed by atoms with E-state index in [0.717, 1.165) is 5.56 Å². The Labute approximate surface area is 150 Å². The topological polar surface area (TPSA) is 122 Å². The van der Waals surface area contributed by atoms with Gasteiger partial charge < -0.3 is 15.7 Å². The predicted octanol–water partition coefficient (Wildman–Crippen LogP) is 2.18. The summed E-state index contributed by atoms with van der Waals surface area (Å²) in [5, 5.41) is 25.9. The normalized spacial score (nSPS) is 11.4. The molecular formula is C18H19N3O5. The molecule has 0 saturated carbocycles. The van der Waals surface area contributed by atoms with E-state index in [-0.39, 0.29) is 41.8 Å². The van der Waals surface area contributed by atoms with Crippen LogP contribution in [0.15, 0.2) is 48.5 Å². The summed E-state index contributed by atoms with van der Waals surface area (Å²) >= 11 is 0. The van der Waals surface area contributed by atoms with Crippen molar-refractivity contribution < 1.29 is 19.6 Å². The Bertz CT molecular complexity index is 808. The van der Waals surface area contributed by atoms with Gasteiger partial charge in [-0.05, 0) is 11.6 Å². The van der Waals surface area contributed by atoms with Gasteiger partial charge in [0, 0.05) is 31.2 Å². The van der Waals surface area contributed by atoms with Crippen LogP contribution in [0.5, 0.6) is 5.75 Å². The van der Waals surface area contributed by atoms with Gasteiger partial charge in [-0.3, -0.25) is 19.7 Å². The van der Waals surface area contributed by atoms with Crippen LogP contribution in [0.4, 0.5) is 5.69 Å². The number of nitrogens with one attached hydrogen (secondary N) is 2. The number of amides is 2. The summed E-state index contributed by atoms with van der Waals surface area (Å²) in [4.78, 5) is 33.9. The van der Waals surface area contributed by atoms with Gasteiger partial charge in [-0.2, -0.15) is 0 Å². The van der Waals surface area contributed by atoms with E-state index in [1.54, 1.807) is 12.1 Å². The number of nitrogens with zero attached hydrogens (tertiary/aromatic N) is 1. The molecule has 0 aliphatic heterocycles. The fourth-order valence-electron chi connectivity index (χ4n) is 2.46. The second kappa shape index (κ2) is 8.61. The molecule has 0 bridgehead atoms. The lowest BCUT2D eigenvalue weighted by atomic mass is 10.0. The van der Waals surface area contributed by atoms with Crippen molar-refractivity contribution in [3.05, 3.63) is 69.8 Å². The smallest absolute Gasteiger partial charge is 0.270 e. The maximum Gasteiger partial charge on any atom is 0.270 e. The van der Waals surface area contributed by atoms with E-state index in [2.05, 4.69) is 10.6 Å². The van der Waals surface area contributed by atoms with E-state index in [1.807, 2.05) is 18.2 Å². The Hall–Kier alpha value is -3.42. The van der Waals surface area contributed by atoms with Crippen LogP contribution in [0.1, 0.15) is 30.5 Å². The van der Waals surface area contributed by atoms with Crippen LogP contribution < -0.4 is 10.6 Å². The van der Waals surface area contributed by atoms with Crippen LogP contribution >= 0.6 is 0 Å². The molecule has 0 aliphatic carbocycles. The summed E-state index contributed by atoms with van der Waals surface area (Å²) in [6.45, 7) is 1.31. The van der Waals surface area contributed by atoms with Gasteiger partial charge in [0.1, 0.15) is 5.75 Å². The maximum absolute atomic E-state index is 12.2. The monoisotopic (exact) mass is 357 g/mol. The molecule has 2 aromatic carbocycles. The van der Waals surface area contributed by atoms with Gasteiger partial charge in [0.15, 0.2) is 0 Å². The maximum atomic E-state index is 12.2. The standard InChI is InChI=1S/C18H19N3O5/c1-12(22)20-16(13-5-3-2-4-6-13)10-18(24)19-11-14-9-15(21(25)26)7-8-17(14)23/h2-9,16,23H,10-11H2,1H3,(H,19,24)(H,20,22)/t16-/m1/s1. The Morgan fingerprint density at radius 3 is 2.50 bits per heavy atom. The van der Waals surface area contributed by atoms with E-state index in [4.69, 9.17) is 0 Å². The fourth-order valence-corrected chi connectivity index (χ4v) is 2.46. The molecule has 26 heavy (non-hydrogen) atoms. The minimum absolute atomic E-state index is 0.000712. The van der Waals surface area contributed by atoms with Crippen molar-refractivity contribution in [3.63, 3.8) is 0 Å². The summed E-state index contributed by atoms with van der Waals surface area (Å²) in [5.74, 6) is -0.765. The first-order chi connectivity index (χ1) is 12.4. The molecule has 0 saturated heterocycles. The Kier molecular flexibility index (Phi) is 6.26. The van der Waals surface area contributed by atoms with Crippen molar-refractivity contribution in [2.75, 3.05) is 0 Å². The van der Waals surface area contributed by atoms with Crippen molar-refractivity contribution in [1.82, 2.24) is 10.6 Å². The van der Waals surface area contributed by atoms with E-state index in [1.165, 1.54) is 25.1 Å². The molecule has 0 unspecified atom stereocenters. The molecule has 0 spiro atoms. The van der Waals surface area contributed by atoms with Gasteiger partial charge in [0.25, 0.3) is 5.69 Å². The Morgan fingerprint density at radius 2 is 1.88 bits per heavy atom. The first kappa shape index (κ1) is 18.9. The summed E-state index contributed by atoms with van der Waals surface area (Å²) in [5.41, 5.74) is 0.854. The zero-order valence-corrected chi connectivity index (χ0v) is 14.1. The first-order valence-electron chi connectivity index (χ1n) is 7.92. The lowest BCUT2D eigenvalue weighted by Gasteiger charge is -2.18. The summed E-state index contributed by atoms with van der Waals surface area (Å²) < 4.78 is 0. The Morgan fingerprint density at radius 1 is 1.19 bits per heavy atom. The van der Waals surface area contributed by atoms with Crippen LogP contribution in [-0.4, -0.2) is 21.8 Å². The van der Waals surface area contributed by atoms with E-state index in [0.29, 0.717) is 0 Å². The number of rotatable bonds is 7. The molecule has 0 fully saturated rings. The zero-order chi connectivity index (χ0) is 19.1. The Balaban J connectivity index is 2.03. The number of nitro benzene ring substituents is 1. The molecule has 8 heteroatoms. The zero-order valence-electron chi connectivity index (χ0n) is 14.1. The molecule has 0 aromatic heterocycles. The van der Waals surface area contributed by atoms with Gasteiger partial charge in [-0.1, -0.05) is 30.3 Å². The van der Waals surface area contributed by atoms with Crippen LogP contribution in [0.3, 0.4) is 0 Å². The molecule has 2 aromatic rings. The van der Waals surface area contributed by atoms with Gasteiger partial charge in [-0.25, -0.2) is 0 Å². The van der Waals surface area contributed by atoms with Gasteiger partial charge in [0.2, 0.25) is 11.8 Å². The molecule has 0 radical (unpaired) electrons. The highest BCUT2D eigenvalue weighted by atomic mass is 16.6. The van der Waals surface area contributed by atoms with Crippen molar-refractivity contribution in [1.29, 1.82) is 0 Å². The number of phenols is 1.